The fourth-order valence-corrected chi connectivity index (χ4v) is 5.52. The van der Waals surface area contributed by atoms with Crippen molar-refractivity contribution < 1.29 is 14.3 Å². The van der Waals surface area contributed by atoms with Crippen LogP contribution in [0.25, 0.3) is 10.9 Å². The molecule has 0 saturated heterocycles. The maximum atomic E-state index is 13.8. The van der Waals surface area contributed by atoms with Gasteiger partial charge in [0, 0.05) is 42.0 Å². The molecule has 6 nitrogen and oxygen atoms in total. The molecule has 5 rings (SSSR count). The quantitative estimate of drug-likeness (QED) is 0.650. The van der Waals surface area contributed by atoms with E-state index in [0.717, 1.165) is 47.8 Å². The predicted molar refractivity (Wildman–Crippen MR) is 120 cm³/mol. The molecule has 1 aliphatic heterocycles. The lowest BCUT2D eigenvalue weighted by molar-refractivity contribution is -0.121. The molecule has 0 radical (unpaired) electrons. The number of aromatic nitrogens is 1. The molecule has 1 aromatic heterocycles. The van der Waals surface area contributed by atoms with Crippen molar-refractivity contribution in [3.8, 4) is 0 Å². The smallest absolute Gasteiger partial charge is 0.254 e. The average Bonchev–Trinajstić information content (AvgIpc) is 3.44. The second-order valence-electron chi connectivity index (χ2n) is 8.55. The Morgan fingerprint density at radius 2 is 2.00 bits per heavy atom. The number of H-pyrrole nitrogens is 1. The van der Waals surface area contributed by atoms with Gasteiger partial charge in [0.15, 0.2) is 0 Å². The standard InChI is InChI=1S/C25H27N3O3/c1-31-15-14-28-24(30)20-7-3-2-6-19(20)22(25(28)11-4-5-12-25)23(29)27-18-8-9-21-17(16-18)10-13-26-21/h2-3,6-10,13,16,22,26H,4-5,11-12,14-15H2,1H3,(H,27,29)/t22-/m0/s1. The van der Waals surface area contributed by atoms with Crippen LogP contribution in [0.1, 0.15) is 47.5 Å². The van der Waals surface area contributed by atoms with E-state index in [1.807, 2.05) is 59.6 Å². The van der Waals surface area contributed by atoms with E-state index in [0.29, 0.717) is 18.7 Å². The Bertz CT molecular complexity index is 1130. The first-order valence-electron chi connectivity index (χ1n) is 10.9. The average molecular weight is 418 g/mol. The third-order valence-electron chi connectivity index (χ3n) is 6.89. The van der Waals surface area contributed by atoms with Crippen LogP contribution in [0.2, 0.25) is 0 Å². The number of anilines is 1. The number of carbonyl (C=O) groups excluding carboxylic acids is 2. The van der Waals surface area contributed by atoms with Gasteiger partial charge >= 0.3 is 0 Å². The van der Waals surface area contributed by atoms with Crippen molar-refractivity contribution in [2.75, 3.05) is 25.6 Å². The molecule has 0 unspecified atom stereocenters. The largest absolute Gasteiger partial charge is 0.383 e. The zero-order valence-corrected chi connectivity index (χ0v) is 17.7. The van der Waals surface area contributed by atoms with E-state index in [2.05, 4.69) is 10.3 Å². The van der Waals surface area contributed by atoms with Crippen molar-refractivity contribution >= 4 is 28.4 Å². The summed E-state index contributed by atoms with van der Waals surface area (Å²) < 4.78 is 5.31. The molecule has 2 N–H and O–H groups in total. The summed E-state index contributed by atoms with van der Waals surface area (Å²) in [5.41, 5.74) is 2.75. The first-order chi connectivity index (χ1) is 15.1. The highest BCUT2D eigenvalue weighted by atomic mass is 16.5. The summed E-state index contributed by atoms with van der Waals surface area (Å²) in [7, 11) is 1.64. The van der Waals surface area contributed by atoms with E-state index in [1.165, 1.54) is 0 Å². The fraction of sp³-hybridized carbons (Fsp3) is 0.360. The molecule has 2 aromatic carbocycles. The van der Waals surface area contributed by atoms with E-state index in [1.54, 1.807) is 7.11 Å². The first-order valence-corrected chi connectivity index (χ1v) is 10.9. The Morgan fingerprint density at radius 1 is 1.19 bits per heavy atom. The van der Waals surface area contributed by atoms with E-state index in [9.17, 15) is 9.59 Å². The van der Waals surface area contributed by atoms with Crippen LogP contribution in [0.3, 0.4) is 0 Å². The molecule has 1 aliphatic carbocycles. The van der Waals surface area contributed by atoms with E-state index < -0.39 is 11.5 Å². The zero-order chi connectivity index (χ0) is 21.4. The van der Waals surface area contributed by atoms with Crippen molar-refractivity contribution in [3.05, 3.63) is 65.9 Å². The highest BCUT2D eigenvalue weighted by Gasteiger charge is 2.55. The second-order valence-corrected chi connectivity index (χ2v) is 8.55. The normalized spacial score (nSPS) is 19.7. The van der Waals surface area contributed by atoms with Crippen LogP contribution in [0.5, 0.6) is 0 Å². The number of benzene rings is 2. The third-order valence-corrected chi connectivity index (χ3v) is 6.89. The third kappa shape index (κ3) is 3.22. The first kappa shape index (κ1) is 19.8. The lowest BCUT2D eigenvalue weighted by Gasteiger charge is -2.50. The van der Waals surface area contributed by atoms with Gasteiger partial charge in [0.1, 0.15) is 0 Å². The minimum atomic E-state index is -0.508. The summed E-state index contributed by atoms with van der Waals surface area (Å²) in [4.78, 5) is 32.4. The van der Waals surface area contributed by atoms with Gasteiger partial charge in [0.2, 0.25) is 5.91 Å². The summed E-state index contributed by atoms with van der Waals surface area (Å²) in [6, 6.07) is 15.4. The van der Waals surface area contributed by atoms with Crippen molar-refractivity contribution in [1.82, 2.24) is 9.88 Å². The lowest BCUT2D eigenvalue weighted by Crippen LogP contribution is -2.60. The molecule has 1 atom stereocenters. The Balaban J connectivity index is 1.57. The topological polar surface area (TPSA) is 74.4 Å². The lowest BCUT2D eigenvalue weighted by atomic mass is 9.71. The molecule has 1 fully saturated rings. The number of nitrogens with one attached hydrogen (secondary N) is 2. The van der Waals surface area contributed by atoms with Gasteiger partial charge in [-0.25, -0.2) is 0 Å². The SMILES string of the molecule is COCCN1C(=O)c2ccccc2[C@@H](C(=O)Nc2ccc3[nH]ccc3c2)C12CCCC2. The molecule has 0 bridgehead atoms. The molecular formula is C25H27N3O3. The summed E-state index contributed by atoms with van der Waals surface area (Å²) in [6.45, 7) is 0.941. The van der Waals surface area contributed by atoms with Gasteiger partial charge in [-0.15, -0.1) is 0 Å². The number of aromatic amines is 1. The fourth-order valence-electron chi connectivity index (χ4n) is 5.52. The van der Waals surface area contributed by atoms with Crippen LogP contribution >= 0.6 is 0 Å². The molecule has 2 heterocycles. The molecule has 3 aromatic rings. The molecule has 1 saturated carbocycles. The van der Waals surface area contributed by atoms with Gasteiger partial charge in [-0.2, -0.15) is 0 Å². The number of carbonyl (C=O) groups is 2. The Morgan fingerprint density at radius 3 is 2.81 bits per heavy atom. The minimum Gasteiger partial charge on any atom is -0.383 e. The Labute approximate surface area is 181 Å². The van der Waals surface area contributed by atoms with E-state index in [4.69, 9.17) is 4.74 Å². The maximum absolute atomic E-state index is 13.8. The van der Waals surface area contributed by atoms with Crippen LogP contribution in [-0.4, -0.2) is 47.5 Å². The predicted octanol–water partition coefficient (Wildman–Crippen LogP) is 4.31. The van der Waals surface area contributed by atoms with Crippen molar-refractivity contribution in [1.29, 1.82) is 0 Å². The van der Waals surface area contributed by atoms with Gasteiger partial charge < -0.3 is 19.9 Å². The number of hydrogen-bond acceptors (Lipinski definition) is 3. The number of rotatable bonds is 5. The van der Waals surface area contributed by atoms with Crippen LogP contribution in [0.15, 0.2) is 54.7 Å². The van der Waals surface area contributed by atoms with Crippen molar-refractivity contribution in [2.24, 2.45) is 0 Å². The molecule has 2 amide bonds. The molecular weight excluding hydrogens is 390 g/mol. The summed E-state index contributed by atoms with van der Waals surface area (Å²) in [6.07, 6.45) is 5.56. The van der Waals surface area contributed by atoms with Crippen LogP contribution in [-0.2, 0) is 9.53 Å². The number of nitrogens with zero attached hydrogens (tertiary/aromatic N) is 1. The summed E-state index contributed by atoms with van der Waals surface area (Å²) >= 11 is 0. The molecule has 31 heavy (non-hydrogen) atoms. The Kier molecular flexibility index (Phi) is 5.02. The monoisotopic (exact) mass is 417 g/mol. The molecule has 1 spiro atoms. The second kappa shape index (κ2) is 7.85. The number of ether oxygens (including phenoxy) is 1. The van der Waals surface area contributed by atoms with Gasteiger partial charge in [0.25, 0.3) is 5.91 Å². The maximum Gasteiger partial charge on any atom is 0.254 e. The zero-order valence-electron chi connectivity index (χ0n) is 17.7. The van der Waals surface area contributed by atoms with Crippen LogP contribution < -0.4 is 5.32 Å². The van der Waals surface area contributed by atoms with Crippen molar-refractivity contribution in [2.45, 2.75) is 37.1 Å². The van der Waals surface area contributed by atoms with Gasteiger partial charge in [0.05, 0.1) is 18.1 Å². The highest BCUT2D eigenvalue weighted by molar-refractivity contribution is 6.05. The summed E-state index contributed by atoms with van der Waals surface area (Å²) in [5.74, 6) is -0.464. The minimum absolute atomic E-state index is 0.00680. The van der Waals surface area contributed by atoms with E-state index >= 15 is 0 Å². The molecule has 2 aliphatic rings. The van der Waals surface area contributed by atoms with Gasteiger partial charge in [-0.3, -0.25) is 9.59 Å². The molecule has 6 heteroatoms. The van der Waals surface area contributed by atoms with Crippen molar-refractivity contribution in [3.63, 3.8) is 0 Å². The molecule has 160 valence electrons. The van der Waals surface area contributed by atoms with Gasteiger partial charge in [-0.1, -0.05) is 31.0 Å². The number of amides is 2. The number of hydrogen-bond donors (Lipinski definition) is 2. The summed E-state index contributed by atoms with van der Waals surface area (Å²) in [5, 5.41) is 4.21. The van der Waals surface area contributed by atoms with Gasteiger partial charge in [-0.05, 0) is 48.7 Å². The number of fused-ring (bicyclic) bond motifs is 2. The number of methoxy groups -OCH3 is 1. The highest BCUT2D eigenvalue weighted by Crippen LogP contribution is 2.50. The Hall–Kier alpha value is -3.12. The van der Waals surface area contributed by atoms with E-state index in [-0.39, 0.29) is 11.8 Å². The van der Waals surface area contributed by atoms with Crippen LogP contribution in [0.4, 0.5) is 5.69 Å². The van der Waals surface area contributed by atoms with Crippen LogP contribution in [0, 0.1) is 0 Å².